The summed E-state index contributed by atoms with van der Waals surface area (Å²) in [6.45, 7) is 4.30. The second-order valence-corrected chi connectivity index (χ2v) is 21.2. The van der Waals surface area contributed by atoms with Crippen molar-refractivity contribution in [1.82, 2.24) is 0 Å². The molecule has 0 aliphatic rings. The first-order valence-electron chi connectivity index (χ1n) is 30.4. The summed E-state index contributed by atoms with van der Waals surface area (Å²) in [5.41, 5.74) is 0. The van der Waals surface area contributed by atoms with Gasteiger partial charge in [0.15, 0.2) is 6.10 Å². The van der Waals surface area contributed by atoms with E-state index in [1.807, 2.05) is 12.2 Å². The number of phosphoric ester groups is 1. The molecule has 0 heterocycles. The zero-order chi connectivity index (χ0) is 56.9. The van der Waals surface area contributed by atoms with Gasteiger partial charge >= 0.3 is 25.7 Å². The molecule has 3 atom stereocenters. The first kappa shape index (κ1) is 73.9. The van der Waals surface area contributed by atoms with E-state index in [0.29, 0.717) is 25.7 Å². The molecule has 0 spiro atoms. The molecular formula is C66H109O11P. The van der Waals surface area contributed by atoms with Crippen LogP contribution in [0.2, 0.25) is 0 Å². The quantitative estimate of drug-likeness (QED) is 0.0197. The smallest absolute Gasteiger partial charge is 0.462 e. The van der Waals surface area contributed by atoms with Crippen molar-refractivity contribution in [2.75, 3.05) is 26.4 Å². The summed E-state index contributed by atoms with van der Waals surface area (Å²) in [7, 11) is -4.79. The molecule has 0 aliphatic carbocycles. The molecule has 0 radical (unpaired) electrons. The Morgan fingerprint density at radius 2 is 0.692 bits per heavy atom. The second-order valence-electron chi connectivity index (χ2n) is 19.8. The Labute approximate surface area is 475 Å². The Bertz CT molecular complexity index is 1770. The van der Waals surface area contributed by atoms with Gasteiger partial charge in [-0.2, -0.15) is 0 Å². The first-order chi connectivity index (χ1) is 38.2. The molecule has 78 heavy (non-hydrogen) atoms. The third kappa shape index (κ3) is 56.6. The van der Waals surface area contributed by atoms with Crippen molar-refractivity contribution >= 4 is 25.7 Å². The standard InChI is InChI=1S/C66H109O11P/c1-4-7-10-13-16-19-22-25-28-30-31-33-36-39-42-45-48-51-54-57-66(70)77-63(59-73-64(68)55-52-49-46-43-40-37-34-27-24-21-18-15-12-9-6-3)61-75-78(71,72)74-60-62(58-67)76-65(69)56-53-50-47-44-41-38-35-32-29-26-23-20-17-14-11-8-5-2/h7,9-10,12,16,18-19,21,25,27-28,31,33-34,39-40,42-43,48,51,62-63,67H,4-6,8,11,13-15,17,20,22-24,26,29-30,32,35-38,41,44-47,49-50,52-61H2,1-3H3,(H,71,72)/b10-7-,12-9-,19-16-,21-18-,28-25-,33-31-,34-27-,42-39-,43-40-,51-48-. The number of ether oxygens (including phenoxy) is 3. The lowest BCUT2D eigenvalue weighted by molar-refractivity contribution is -0.161. The molecule has 0 fully saturated rings. The zero-order valence-corrected chi connectivity index (χ0v) is 50.0. The topological polar surface area (TPSA) is 155 Å². The number of allylic oxidation sites excluding steroid dienone is 20. The van der Waals surface area contributed by atoms with E-state index in [9.17, 15) is 28.9 Å². The average molecular weight is 1110 g/mol. The highest BCUT2D eigenvalue weighted by molar-refractivity contribution is 7.47. The first-order valence-corrected chi connectivity index (χ1v) is 31.9. The van der Waals surface area contributed by atoms with E-state index in [1.165, 1.54) is 83.5 Å². The minimum absolute atomic E-state index is 0.0280. The maximum absolute atomic E-state index is 12.9. The van der Waals surface area contributed by atoms with Crippen LogP contribution in [-0.2, 0) is 42.2 Å². The van der Waals surface area contributed by atoms with Crippen molar-refractivity contribution in [3.63, 3.8) is 0 Å². The van der Waals surface area contributed by atoms with Crippen LogP contribution in [0.5, 0.6) is 0 Å². The molecule has 2 N–H and O–H groups in total. The average Bonchev–Trinajstić information content (AvgIpc) is 3.43. The Kier molecular flexibility index (Phi) is 55.9. The Balaban J connectivity index is 4.85. The molecule has 0 aromatic rings. The normalized spacial score (nSPS) is 14.2. The Morgan fingerprint density at radius 1 is 0.372 bits per heavy atom. The van der Waals surface area contributed by atoms with Crippen molar-refractivity contribution in [1.29, 1.82) is 0 Å². The number of aliphatic hydroxyl groups is 1. The van der Waals surface area contributed by atoms with Gasteiger partial charge < -0.3 is 24.2 Å². The van der Waals surface area contributed by atoms with Crippen molar-refractivity contribution in [2.45, 2.75) is 251 Å². The number of hydrogen-bond donors (Lipinski definition) is 2. The van der Waals surface area contributed by atoms with E-state index < -0.39 is 64.4 Å². The van der Waals surface area contributed by atoms with Gasteiger partial charge in [0, 0.05) is 19.3 Å². The third-order valence-electron chi connectivity index (χ3n) is 12.4. The number of carbonyl (C=O) groups is 3. The zero-order valence-electron chi connectivity index (χ0n) is 49.1. The summed E-state index contributed by atoms with van der Waals surface area (Å²) in [6, 6.07) is 0. The van der Waals surface area contributed by atoms with Gasteiger partial charge in [-0.1, -0.05) is 245 Å². The van der Waals surface area contributed by atoms with Gasteiger partial charge in [-0.05, 0) is 96.3 Å². The molecule has 0 aromatic heterocycles. The van der Waals surface area contributed by atoms with E-state index in [0.717, 1.165) is 89.9 Å². The predicted molar refractivity (Wildman–Crippen MR) is 325 cm³/mol. The second kappa shape index (κ2) is 59.0. The fraction of sp³-hybridized carbons (Fsp3) is 0.652. The molecule has 0 saturated carbocycles. The minimum Gasteiger partial charge on any atom is -0.462 e. The number of carbonyl (C=O) groups excluding carboxylic acids is 3. The molecule has 0 aromatic carbocycles. The number of esters is 3. The number of unbranched alkanes of at least 4 members (excludes halogenated alkanes) is 18. The van der Waals surface area contributed by atoms with Crippen molar-refractivity contribution in [3.8, 4) is 0 Å². The summed E-state index contributed by atoms with van der Waals surface area (Å²) in [6.07, 6.45) is 73.2. The van der Waals surface area contributed by atoms with Gasteiger partial charge in [0.25, 0.3) is 0 Å². The van der Waals surface area contributed by atoms with Gasteiger partial charge in [-0.3, -0.25) is 23.4 Å². The highest BCUT2D eigenvalue weighted by Crippen LogP contribution is 2.43. The van der Waals surface area contributed by atoms with Gasteiger partial charge in [0.05, 0.1) is 19.8 Å². The van der Waals surface area contributed by atoms with E-state index in [2.05, 4.69) is 130 Å². The van der Waals surface area contributed by atoms with Crippen molar-refractivity contribution in [2.24, 2.45) is 0 Å². The van der Waals surface area contributed by atoms with Crippen LogP contribution in [0.1, 0.15) is 239 Å². The molecule has 11 nitrogen and oxygen atoms in total. The van der Waals surface area contributed by atoms with Gasteiger partial charge in [-0.15, -0.1) is 0 Å². The number of rotatable bonds is 55. The number of hydrogen-bond acceptors (Lipinski definition) is 10. The van der Waals surface area contributed by atoms with Crippen LogP contribution in [0.3, 0.4) is 0 Å². The molecule has 0 saturated heterocycles. The maximum atomic E-state index is 12.9. The maximum Gasteiger partial charge on any atom is 0.472 e. The molecule has 3 unspecified atom stereocenters. The molecule has 0 bridgehead atoms. The highest BCUT2D eigenvalue weighted by Gasteiger charge is 2.28. The van der Waals surface area contributed by atoms with Gasteiger partial charge in [-0.25, -0.2) is 4.57 Å². The molecule has 0 rings (SSSR count). The molecule has 0 amide bonds. The summed E-state index contributed by atoms with van der Waals surface area (Å²) in [5.74, 6) is -1.62. The van der Waals surface area contributed by atoms with Crippen LogP contribution in [0.15, 0.2) is 122 Å². The van der Waals surface area contributed by atoms with Crippen LogP contribution >= 0.6 is 7.82 Å². The summed E-state index contributed by atoms with van der Waals surface area (Å²) >= 11 is 0. The predicted octanol–water partition coefficient (Wildman–Crippen LogP) is 18.4. The van der Waals surface area contributed by atoms with Crippen LogP contribution in [0.25, 0.3) is 0 Å². The lowest BCUT2D eigenvalue weighted by Gasteiger charge is -2.21. The third-order valence-corrected chi connectivity index (χ3v) is 13.3. The molecule has 12 heteroatoms. The highest BCUT2D eigenvalue weighted by atomic mass is 31.2. The number of aliphatic hydroxyl groups excluding tert-OH is 1. The molecule has 444 valence electrons. The Hall–Kier alpha value is -4.12. The van der Waals surface area contributed by atoms with Crippen LogP contribution < -0.4 is 0 Å². The lowest BCUT2D eigenvalue weighted by Crippen LogP contribution is -2.30. The summed E-state index contributed by atoms with van der Waals surface area (Å²) in [5, 5.41) is 9.84. The van der Waals surface area contributed by atoms with Crippen molar-refractivity contribution < 1.29 is 52.2 Å². The SMILES string of the molecule is CC/C=C\C/C=C\C/C=C\C/C=C\C/C=C\C/C=C\CCC(=O)OC(COC(=O)CCCC/C=C\C/C=C\C/C=C\C/C=C\CC)COP(=O)(O)OCC(CO)OC(=O)CCCCCCCCCCCCCCCCCCC. The minimum atomic E-state index is -4.79. The van der Waals surface area contributed by atoms with Gasteiger partial charge in [0.1, 0.15) is 12.7 Å². The fourth-order valence-electron chi connectivity index (χ4n) is 7.84. The van der Waals surface area contributed by atoms with E-state index in [-0.39, 0.29) is 19.3 Å². The van der Waals surface area contributed by atoms with E-state index in [4.69, 9.17) is 23.3 Å². The number of phosphoric acid groups is 1. The van der Waals surface area contributed by atoms with E-state index in [1.54, 1.807) is 0 Å². The van der Waals surface area contributed by atoms with Crippen molar-refractivity contribution in [3.05, 3.63) is 122 Å². The fourth-order valence-corrected chi connectivity index (χ4v) is 8.63. The molecule has 0 aliphatic heterocycles. The van der Waals surface area contributed by atoms with Gasteiger partial charge in [0.2, 0.25) is 0 Å². The molecular weight excluding hydrogens is 1000 g/mol. The summed E-state index contributed by atoms with van der Waals surface area (Å²) < 4.78 is 39.5. The lowest BCUT2D eigenvalue weighted by atomic mass is 10.0. The largest absolute Gasteiger partial charge is 0.472 e. The monoisotopic (exact) mass is 1110 g/mol. The van der Waals surface area contributed by atoms with E-state index >= 15 is 0 Å². The Morgan fingerprint density at radius 3 is 1.10 bits per heavy atom. The van der Waals surface area contributed by atoms with Crippen LogP contribution in [0, 0.1) is 0 Å². The van der Waals surface area contributed by atoms with Crippen LogP contribution in [-0.4, -0.2) is 66.5 Å². The van der Waals surface area contributed by atoms with Crippen LogP contribution in [0.4, 0.5) is 0 Å². The summed E-state index contributed by atoms with van der Waals surface area (Å²) in [4.78, 5) is 48.6.